The monoisotopic (exact) mass is 400 g/mol. The second kappa shape index (κ2) is 7.45. The van der Waals surface area contributed by atoms with Crippen molar-refractivity contribution in [3.05, 3.63) is 48.5 Å². The zero-order valence-corrected chi connectivity index (χ0v) is 15.5. The molecule has 0 aliphatic rings. The van der Waals surface area contributed by atoms with Crippen molar-refractivity contribution in [1.82, 2.24) is 4.72 Å². The minimum atomic E-state index is -3.75. The molecule has 0 atom stereocenters. The first-order chi connectivity index (χ1) is 11.6. The summed E-state index contributed by atoms with van der Waals surface area (Å²) in [6, 6.07) is 11.8. The van der Waals surface area contributed by atoms with Gasteiger partial charge in [-0.1, -0.05) is 0 Å². The highest BCUT2D eigenvalue weighted by atomic mass is 32.2. The molecule has 0 spiro atoms. The number of benzene rings is 2. The predicted molar refractivity (Wildman–Crippen MR) is 100 cm³/mol. The van der Waals surface area contributed by atoms with Crippen LogP contribution in [-0.4, -0.2) is 29.0 Å². The van der Waals surface area contributed by atoms with Crippen molar-refractivity contribution >= 4 is 48.8 Å². The van der Waals surface area contributed by atoms with E-state index in [1.54, 1.807) is 12.1 Å². The molecule has 25 heavy (non-hydrogen) atoms. The Labute approximate surface area is 151 Å². The molecule has 2 rings (SSSR count). The summed E-state index contributed by atoms with van der Waals surface area (Å²) in [5, 5.41) is 11.1. The molecule has 0 amide bonds. The lowest BCUT2D eigenvalue weighted by atomic mass is 10.3. The lowest BCUT2D eigenvalue weighted by molar-refractivity contribution is 0.588. The fourth-order valence-corrected chi connectivity index (χ4v) is 3.34. The Bertz CT molecular complexity index is 970. The van der Waals surface area contributed by atoms with E-state index < -0.39 is 20.0 Å². The molecular weight excluding hydrogens is 384 g/mol. The van der Waals surface area contributed by atoms with Crippen LogP contribution in [0.15, 0.2) is 58.3 Å². The molecule has 0 saturated carbocycles. The van der Waals surface area contributed by atoms with Gasteiger partial charge in [0.25, 0.3) is 0 Å². The van der Waals surface area contributed by atoms with Crippen molar-refractivity contribution < 1.29 is 16.8 Å². The predicted octanol–water partition coefficient (Wildman–Crippen LogP) is 1.05. The Balaban J connectivity index is 2.03. The van der Waals surface area contributed by atoms with Crippen LogP contribution in [0.5, 0.6) is 0 Å². The summed E-state index contributed by atoms with van der Waals surface area (Å²) in [6.07, 6.45) is 0. The van der Waals surface area contributed by atoms with Gasteiger partial charge in [0.15, 0.2) is 5.11 Å². The van der Waals surface area contributed by atoms with E-state index in [0.29, 0.717) is 11.4 Å². The van der Waals surface area contributed by atoms with Crippen molar-refractivity contribution in [1.29, 1.82) is 0 Å². The average molecular weight is 401 g/mol. The minimum Gasteiger partial charge on any atom is -0.332 e. The average Bonchev–Trinajstić information content (AvgIpc) is 2.55. The Hall–Kier alpha value is -2.05. The molecule has 0 bridgehead atoms. The molecule has 0 unspecified atom stereocenters. The molecule has 0 aliphatic heterocycles. The molecule has 2 aromatic rings. The largest absolute Gasteiger partial charge is 0.332 e. The van der Waals surface area contributed by atoms with E-state index in [9.17, 15) is 16.8 Å². The summed E-state index contributed by atoms with van der Waals surface area (Å²) in [7, 11) is -5.90. The van der Waals surface area contributed by atoms with Crippen molar-refractivity contribution in [2.75, 3.05) is 17.7 Å². The molecule has 0 aromatic heterocycles. The topological polar surface area (TPSA) is 130 Å². The minimum absolute atomic E-state index is 0.00161. The maximum Gasteiger partial charge on any atom is 0.240 e. The molecule has 0 radical (unpaired) electrons. The molecule has 0 saturated heterocycles. The quantitative estimate of drug-likeness (QED) is 0.552. The third kappa shape index (κ3) is 5.21. The van der Waals surface area contributed by atoms with Gasteiger partial charge in [-0.15, -0.1) is 0 Å². The van der Waals surface area contributed by atoms with Gasteiger partial charge in [0.05, 0.1) is 9.79 Å². The Morgan fingerprint density at radius 2 is 1.24 bits per heavy atom. The van der Waals surface area contributed by atoms with Crippen LogP contribution >= 0.6 is 12.2 Å². The Morgan fingerprint density at radius 1 is 0.840 bits per heavy atom. The molecule has 11 heteroatoms. The summed E-state index contributed by atoms with van der Waals surface area (Å²) < 4.78 is 47.9. The van der Waals surface area contributed by atoms with Crippen molar-refractivity contribution in [2.45, 2.75) is 9.79 Å². The van der Waals surface area contributed by atoms with Crippen LogP contribution in [0.1, 0.15) is 0 Å². The Kier molecular flexibility index (Phi) is 5.75. The number of hydrogen-bond donors (Lipinski definition) is 4. The van der Waals surface area contributed by atoms with Gasteiger partial charge in [0.1, 0.15) is 0 Å². The summed E-state index contributed by atoms with van der Waals surface area (Å²) in [5.74, 6) is 0. The number of thiocarbonyl (C=S) groups is 1. The first-order valence-electron chi connectivity index (χ1n) is 6.86. The van der Waals surface area contributed by atoms with E-state index in [2.05, 4.69) is 15.4 Å². The maximum absolute atomic E-state index is 11.7. The van der Waals surface area contributed by atoms with E-state index in [-0.39, 0.29) is 14.9 Å². The van der Waals surface area contributed by atoms with Gasteiger partial charge in [0, 0.05) is 11.4 Å². The first kappa shape index (κ1) is 19.3. The van der Waals surface area contributed by atoms with Crippen LogP contribution < -0.4 is 20.5 Å². The fourth-order valence-electron chi connectivity index (χ4n) is 1.86. The second-order valence-corrected chi connectivity index (χ2v) is 8.74. The number of rotatable bonds is 5. The smallest absolute Gasteiger partial charge is 0.240 e. The first-order valence-corrected chi connectivity index (χ1v) is 10.3. The van der Waals surface area contributed by atoms with Gasteiger partial charge >= 0.3 is 0 Å². The summed E-state index contributed by atoms with van der Waals surface area (Å²) >= 11 is 5.16. The summed E-state index contributed by atoms with van der Waals surface area (Å²) in [4.78, 5) is 0.135. The van der Waals surface area contributed by atoms with Gasteiger partial charge in [-0.2, -0.15) is 0 Å². The standard InChI is InChI=1S/C14H16N4O4S3/c1-16-25(21,22)13-8-4-11(5-9-13)18-14(23)17-10-2-6-12(7-3-10)24(15,19)20/h2-9,16H,1H3,(H2,15,19,20)(H2,17,18,23). The highest BCUT2D eigenvalue weighted by Gasteiger charge is 2.11. The van der Waals surface area contributed by atoms with Crippen LogP contribution in [-0.2, 0) is 20.0 Å². The molecule has 0 fully saturated rings. The van der Waals surface area contributed by atoms with Crippen molar-refractivity contribution in [2.24, 2.45) is 5.14 Å². The van der Waals surface area contributed by atoms with Crippen LogP contribution in [0, 0.1) is 0 Å². The highest BCUT2D eigenvalue weighted by Crippen LogP contribution is 2.16. The lowest BCUT2D eigenvalue weighted by Crippen LogP contribution is -2.20. The normalized spacial score (nSPS) is 11.8. The maximum atomic E-state index is 11.7. The molecule has 8 nitrogen and oxygen atoms in total. The van der Waals surface area contributed by atoms with Crippen molar-refractivity contribution in [3.8, 4) is 0 Å². The zero-order chi connectivity index (χ0) is 18.7. The molecule has 0 aliphatic carbocycles. The number of nitrogens with one attached hydrogen (secondary N) is 3. The van der Waals surface area contributed by atoms with Crippen molar-refractivity contribution in [3.63, 3.8) is 0 Å². The molecule has 134 valence electrons. The second-order valence-electron chi connectivity index (χ2n) is 4.88. The summed E-state index contributed by atoms with van der Waals surface area (Å²) in [6.45, 7) is 0. The zero-order valence-electron chi connectivity index (χ0n) is 13.1. The number of primary sulfonamides is 1. The van der Waals surface area contributed by atoms with Gasteiger partial charge in [-0.05, 0) is 67.8 Å². The van der Waals surface area contributed by atoms with Crippen LogP contribution in [0.3, 0.4) is 0 Å². The van der Waals surface area contributed by atoms with E-state index in [1.807, 2.05) is 0 Å². The van der Waals surface area contributed by atoms with E-state index in [4.69, 9.17) is 17.4 Å². The molecule has 5 N–H and O–H groups in total. The SMILES string of the molecule is CNS(=O)(=O)c1ccc(NC(=S)Nc2ccc(S(N)(=O)=O)cc2)cc1. The molecular formula is C14H16N4O4S3. The third-order valence-corrected chi connectivity index (χ3v) is 5.70. The molecule has 2 aromatic carbocycles. The van der Waals surface area contributed by atoms with Gasteiger partial charge in [-0.25, -0.2) is 26.7 Å². The van der Waals surface area contributed by atoms with Gasteiger partial charge < -0.3 is 10.6 Å². The number of nitrogens with two attached hydrogens (primary N) is 1. The van der Waals surface area contributed by atoms with E-state index in [0.717, 1.165) is 0 Å². The third-order valence-electron chi connectivity index (χ3n) is 3.13. The van der Waals surface area contributed by atoms with Crippen LogP contribution in [0.4, 0.5) is 11.4 Å². The van der Waals surface area contributed by atoms with Crippen LogP contribution in [0.2, 0.25) is 0 Å². The summed E-state index contributed by atoms with van der Waals surface area (Å²) in [5.41, 5.74) is 1.16. The number of sulfonamides is 2. The lowest BCUT2D eigenvalue weighted by Gasteiger charge is -2.11. The Morgan fingerprint density at radius 3 is 1.60 bits per heavy atom. The van der Waals surface area contributed by atoms with E-state index >= 15 is 0 Å². The van der Waals surface area contributed by atoms with Gasteiger partial charge in [-0.3, -0.25) is 0 Å². The highest BCUT2D eigenvalue weighted by molar-refractivity contribution is 7.89. The fraction of sp³-hybridized carbons (Fsp3) is 0.0714. The van der Waals surface area contributed by atoms with Crippen LogP contribution in [0.25, 0.3) is 0 Å². The van der Waals surface area contributed by atoms with Gasteiger partial charge in [0.2, 0.25) is 20.0 Å². The van der Waals surface area contributed by atoms with E-state index in [1.165, 1.54) is 43.4 Å². The number of anilines is 2. The molecule has 0 heterocycles. The number of hydrogen-bond acceptors (Lipinski definition) is 5.